The quantitative estimate of drug-likeness (QED) is 0.273. The molecule has 0 atom stereocenters. The summed E-state index contributed by atoms with van der Waals surface area (Å²) in [5.41, 5.74) is 9.46. The summed E-state index contributed by atoms with van der Waals surface area (Å²) in [4.78, 5) is 29.7. The van der Waals surface area contributed by atoms with Crippen LogP contribution in [0.5, 0.6) is 0 Å². The molecule has 0 unspecified atom stereocenters. The first-order chi connectivity index (χ1) is 16.0. The summed E-state index contributed by atoms with van der Waals surface area (Å²) in [5, 5.41) is 10.6. The highest BCUT2D eigenvalue weighted by molar-refractivity contribution is 5.98. The summed E-state index contributed by atoms with van der Waals surface area (Å²) in [6, 6.07) is 20.3. The standard InChI is InChI=1S/C24H22N4O.C2H4O2/c25-11-5-6-12-28-15-19(18-9-3-4-10-22(18)28)23-24(29)27-21-14-17-8-2-1-7-16(17)13-20(21)26-23;1-2(3)4/h1-4,7-10,13-15H,5-6,11-12,25H2,(H,27,29);1H3,(H,3,4). The van der Waals surface area contributed by atoms with Crippen molar-refractivity contribution >= 4 is 38.7 Å². The maximum Gasteiger partial charge on any atom is 0.300 e. The largest absolute Gasteiger partial charge is 0.481 e. The Morgan fingerprint density at radius 3 is 2.45 bits per heavy atom. The van der Waals surface area contributed by atoms with E-state index in [1.807, 2.05) is 48.7 Å². The molecular weight excluding hydrogens is 416 g/mol. The highest BCUT2D eigenvalue weighted by Gasteiger charge is 2.15. The maximum absolute atomic E-state index is 12.9. The van der Waals surface area contributed by atoms with Crippen molar-refractivity contribution < 1.29 is 9.90 Å². The van der Waals surface area contributed by atoms with Crippen LogP contribution in [0.25, 0.3) is 44.0 Å². The number of aromatic amines is 1. The summed E-state index contributed by atoms with van der Waals surface area (Å²) in [5.74, 6) is -0.833. The minimum absolute atomic E-state index is 0.169. The number of rotatable bonds is 5. The van der Waals surface area contributed by atoms with E-state index in [2.05, 4.69) is 27.8 Å². The van der Waals surface area contributed by atoms with Crippen molar-refractivity contribution in [2.45, 2.75) is 26.3 Å². The number of aryl methyl sites for hydroxylation is 1. The average Bonchev–Trinajstić information content (AvgIpc) is 3.16. The predicted octanol–water partition coefficient (Wildman–Crippen LogP) is 4.53. The first-order valence-corrected chi connectivity index (χ1v) is 10.9. The van der Waals surface area contributed by atoms with Gasteiger partial charge in [-0.25, -0.2) is 4.98 Å². The second-order valence-corrected chi connectivity index (χ2v) is 7.90. The Labute approximate surface area is 190 Å². The van der Waals surface area contributed by atoms with Crippen molar-refractivity contribution in [3.05, 3.63) is 77.2 Å². The molecule has 0 radical (unpaired) electrons. The van der Waals surface area contributed by atoms with Crippen molar-refractivity contribution in [1.29, 1.82) is 0 Å². The van der Waals surface area contributed by atoms with E-state index in [0.29, 0.717) is 12.2 Å². The molecule has 5 rings (SSSR count). The number of nitrogens with two attached hydrogens (primary N) is 1. The highest BCUT2D eigenvalue weighted by atomic mass is 16.4. The van der Waals surface area contributed by atoms with Crippen LogP contribution < -0.4 is 11.3 Å². The lowest BCUT2D eigenvalue weighted by atomic mass is 10.1. The normalized spacial score (nSPS) is 11.0. The number of carbonyl (C=O) groups is 1. The smallest absolute Gasteiger partial charge is 0.300 e. The highest BCUT2D eigenvalue weighted by Crippen LogP contribution is 2.29. The third-order valence-electron chi connectivity index (χ3n) is 5.46. The van der Waals surface area contributed by atoms with Crippen molar-refractivity contribution in [3.8, 4) is 11.3 Å². The lowest BCUT2D eigenvalue weighted by Gasteiger charge is -2.04. The van der Waals surface area contributed by atoms with Gasteiger partial charge in [-0.1, -0.05) is 42.5 Å². The lowest BCUT2D eigenvalue weighted by Crippen LogP contribution is -2.11. The minimum atomic E-state index is -0.833. The number of carboxylic acid groups (broad SMARTS) is 1. The van der Waals surface area contributed by atoms with Gasteiger partial charge in [0.25, 0.3) is 11.5 Å². The molecule has 7 heteroatoms. The van der Waals surface area contributed by atoms with Gasteiger partial charge in [0.15, 0.2) is 0 Å². The van der Waals surface area contributed by atoms with Gasteiger partial charge in [-0.2, -0.15) is 0 Å². The Morgan fingerprint density at radius 1 is 1.06 bits per heavy atom. The van der Waals surface area contributed by atoms with E-state index in [1.54, 1.807) is 0 Å². The first-order valence-electron chi connectivity index (χ1n) is 10.9. The number of fused-ring (bicyclic) bond motifs is 3. The van der Waals surface area contributed by atoms with Gasteiger partial charge in [0.05, 0.1) is 11.0 Å². The molecule has 0 fully saturated rings. The third kappa shape index (κ3) is 4.78. The Morgan fingerprint density at radius 2 is 1.73 bits per heavy atom. The molecular formula is C26H26N4O3. The topological polar surface area (TPSA) is 114 Å². The van der Waals surface area contributed by atoms with E-state index >= 15 is 0 Å². The molecule has 0 saturated carbocycles. The lowest BCUT2D eigenvalue weighted by molar-refractivity contribution is -0.134. The van der Waals surface area contributed by atoms with Crippen LogP contribution in [0, 0.1) is 0 Å². The number of benzene rings is 3. The van der Waals surface area contributed by atoms with Crippen molar-refractivity contribution in [2.24, 2.45) is 5.73 Å². The number of aliphatic carboxylic acids is 1. The molecule has 0 aliphatic heterocycles. The zero-order valence-electron chi connectivity index (χ0n) is 18.4. The SMILES string of the molecule is CC(=O)O.NCCCCn1cc(-c2nc3cc4ccccc4cc3[nH]c2=O)c2ccccc21. The molecule has 0 spiro atoms. The summed E-state index contributed by atoms with van der Waals surface area (Å²) in [7, 11) is 0. The van der Waals surface area contributed by atoms with E-state index in [-0.39, 0.29) is 5.56 Å². The molecule has 2 aromatic heterocycles. The zero-order valence-corrected chi connectivity index (χ0v) is 18.4. The van der Waals surface area contributed by atoms with Crippen LogP contribution in [-0.2, 0) is 11.3 Å². The molecule has 3 aromatic carbocycles. The molecule has 33 heavy (non-hydrogen) atoms. The fourth-order valence-corrected chi connectivity index (χ4v) is 4.00. The summed E-state index contributed by atoms with van der Waals surface area (Å²) < 4.78 is 2.20. The number of hydrogen-bond acceptors (Lipinski definition) is 4. The number of nitrogens with zero attached hydrogens (tertiary/aromatic N) is 2. The average molecular weight is 443 g/mol. The maximum atomic E-state index is 12.9. The van der Waals surface area contributed by atoms with Crippen LogP contribution in [0.4, 0.5) is 0 Å². The Balaban J connectivity index is 0.000000601. The first kappa shape index (κ1) is 22.2. The number of aromatic nitrogens is 3. The number of nitrogens with one attached hydrogen (secondary N) is 1. The minimum Gasteiger partial charge on any atom is -0.481 e. The van der Waals surface area contributed by atoms with E-state index in [0.717, 1.165) is 64.6 Å². The second-order valence-electron chi connectivity index (χ2n) is 7.90. The van der Waals surface area contributed by atoms with E-state index in [4.69, 9.17) is 20.6 Å². The van der Waals surface area contributed by atoms with Crippen LogP contribution in [0.3, 0.4) is 0 Å². The van der Waals surface area contributed by atoms with Gasteiger partial charge in [0.1, 0.15) is 5.69 Å². The van der Waals surface area contributed by atoms with Crippen LogP contribution in [0.2, 0.25) is 0 Å². The van der Waals surface area contributed by atoms with Gasteiger partial charge < -0.3 is 20.4 Å². The number of para-hydroxylation sites is 1. The van der Waals surface area contributed by atoms with E-state index in [9.17, 15) is 4.79 Å². The molecule has 7 nitrogen and oxygen atoms in total. The Bertz CT molecular complexity index is 1500. The molecule has 5 aromatic rings. The molecule has 2 heterocycles. The molecule has 168 valence electrons. The van der Waals surface area contributed by atoms with Gasteiger partial charge in [0, 0.05) is 36.1 Å². The zero-order chi connectivity index (χ0) is 23.4. The number of carboxylic acids is 1. The Hall–Kier alpha value is -3.97. The van der Waals surface area contributed by atoms with Crippen LogP contribution in [0.15, 0.2) is 71.7 Å². The van der Waals surface area contributed by atoms with Crippen molar-refractivity contribution in [2.75, 3.05) is 6.54 Å². The fourth-order valence-electron chi connectivity index (χ4n) is 4.00. The van der Waals surface area contributed by atoms with Gasteiger partial charge in [0.2, 0.25) is 0 Å². The van der Waals surface area contributed by atoms with Crippen molar-refractivity contribution in [3.63, 3.8) is 0 Å². The van der Waals surface area contributed by atoms with Gasteiger partial charge in [-0.05, 0) is 48.4 Å². The second kappa shape index (κ2) is 9.67. The van der Waals surface area contributed by atoms with Crippen molar-refractivity contribution in [1.82, 2.24) is 14.5 Å². The number of H-pyrrole nitrogens is 1. The number of hydrogen-bond donors (Lipinski definition) is 3. The molecule has 0 bridgehead atoms. The molecule has 0 aliphatic carbocycles. The van der Waals surface area contributed by atoms with Gasteiger partial charge in [-0.3, -0.25) is 9.59 Å². The van der Waals surface area contributed by atoms with Gasteiger partial charge >= 0.3 is 0 Å². The monoisotopic (exact) mass is 442 g/mol. The molecule has 0 aliphatic rings. The van der Waals surface area contributed by atoms with Gasteiger partial charge in [-0.15, -0.1) is 0 Å². The molecule has 0 saturated heterocycles. The molecule has 0 amide bonds. The van der Waals surface area contributed by atoms with E-state index in [1.165, 1.54) is 0 Å². The summed E-state index contributed by atoms with van der Waals surface area (Å²) in [6.07, 6.45) is 4.03. The molecule has 4 N–H and O–H groups in total. The van der Waals surface area contributed by atoms with Crippen LogP contribution in [-0.4, -0.2) is 32.2 Å². The van der Waals surface area contributed by atoms with Crippen LogP contribution >= 0.6 is 0 Å². The predicted molar refractivity (Wildman–Crippen MR) is 132 cm³/mol. The number of unbranched alkanes of at least 4 members (excludes halogenated alkanes) is 1. The van der Waals surface area contributed by atoms with E-state index < -0.39 is 5.97 Å². The Kier molecular flexibility index (Phi) is 6.51. The summed E-state index contributed by atoms with van der Waals surface area (Å²) >= 11 is 0. The third-order valence-corrected chi connectivity index (χ3v) is 5.46. The fraction of sp³-hybridized carbons (Fsp3) is 0.192. The summed E-state index contributed by atoms with van der Waals surface area (Å²) in [6.45, 7) is 2.64. The van der Waals surface area contributed by atoms with Crippen LogP contribution in [0.1, 0.15) is 19.8 Å².